The van der Waals surface area contributed by atoms with Crippen LogP contribution in [0.1, 0.15) is 0 Å². The molecule has 0 spiro atoms. The minimum absolute atomic E-state index is 0.577. The molecular formula is C13H23NO3S. The van der Waals surface area contributed by atoms with Crippen molar-refractivity contribution >= 4 is 12.6 Å². The SMILES string of the molecule is C=C/C=C(\S)C(=C)NCCOCCOCCOC. The summed E-state index contributed by atoms with van der Waals surface area (Å²) >= 11 is 4.25. The summed E-state index contributed by atoms with van der Waals surface area (Å²) in [5, 5.41) is 3.11. The Hall–Kier alpha value is -0.750. The van der Waals surface area contributed by atoms with Crippen LogP contribution in [0.2, 0.25) is 0 Å². The van der Waals surface area contributed by atoms with E-state index >= 15 is 0 Å². The molecule has 0 bridgehead atoms. The highest BCUT2D eigenvalue weighted by Crippen LogP contribution is 2.08. The van der Waals surface area contributed by atoms with Gasteiger partial charge < -0.3 is 19.5 Å². The number of methoxy groups -OCH3 is 1. The number of thiol groups is 1. The van der Waals surface area contributed by atoms with Gasteiger partial charge in [-0.15, -0.1) is 12.6 Å². The molecule has 0 rings (SSSR count). The van der Waals surface area contributed by atoms with E-state index in [-0.39, 0.29) is 0 Å². The number of hydrogen-bond donors (Lipinski definition) is 2. The Morgan fingerprint density at radius 1 is 1.17 bits per heavy atom. The summed E-state index contributed by atoms with van der Waals surface area (Å²) in [6.45, 7) is 11.1. The fraction of sp³-hybridized carbons (Fsp3) is 0.538. The molecule has 0 saturated heterocycles. The fourth-order valence-electron chi connectivity index (χ4n) is 1.04. The van der Waals surface area contributed by atoms with Gasteiger partial charge in [-0.05, 0) is 6.08 Å². The molecule has 0 unspecified atom stereocenters. The van der Waals surface area contributed by atoms with Crippen molar-refractivity contribution in [1.82, 2.24) is 5.32 Å². The third-order valence-electron chi connectivity index (χ3n) is 1.97. The van der Waals surface area contributed by atoms with Crippen LogP contribution in [0.5, 0.6) is 0 Å². The summed E-state index contributed by atoms with van der Waals surface area (Å²) in [4.78, 5) is 0.771. The summed E-state index contributed by atoms with van der Waals surface area (Å²) < 4.78 is 15.5. The van der Waals surface area contributed by atoms with Crippen molar-refractivity contribution in [2.45, 2.75) is 0 Å². The van der Waals surface area contributed by atoms with Crippen LogP contribution in [0.3, 0.4) is 0 Å². The summed E-state index contributed by atoms with van der Waals surface area (Å²) in [5.74, 6) is 0. The Morgan fingerprint density at radius 2 is 1.78 bits per heavy atom. The highest BCUT2D eigenvalue weighted by molar-refractivity contribution is 7.84. The predicted octanol–water partition coefficient (Wildman–Crippen LogP) is 1.77. The van der Waals surface area contributed by atoms with Crippen LogP contribution in [-0.4, -0.2) is 46.7 Å². The lowest BCUT2D eigenvalue weighted by molar-refractivity contribution is 0.0259. The van der Waals surface area contributed by atoms with E-state index in [1.807, 2.05) is 0 Å². The highest BCUT2D eigenvalue weighted by atomic mass is 32.1. The molecule has 0 aromatic rings. The van der Waals surface area contributed by atoms with Crippen molar-refractivity contribution in [2.75, 3.05) is 46.7 Å². The molecular weight excluding hydrogens is 250 g/mol. The molecule has 1 N–H and O–H groups in total. The highest BCUT2D eigenvalue weighted by Gasteiger charge is 1.96. The first-order chi connectivity index (χ1) is 8.72. The maximum absolute atomic E-state index is 5.37. The smallest absolute Gasteiger partial charge is 0.0701 e. The minimum Gasteiger partial charge on any atom is -0.382 e. The molecule has 0 aliphatic rings. The average Bonchev–Trinajstić information content (AvgIpc) is 2.36. The normalized spacial score (nSPS) is 11.3. The third kappa shape index (κ3) is 10.4. The lowest BCUT2D eigenvalue weighted by Gasteiger charge is -2.09. The van der Waals surface area contributed by atoms with Crippen molar-refractivity contribution < 1.29 is 14.2 Å². The first-order valence-electron chi connectivity index (χ1n) is 5.81. The third-order valence-corrected chi connectivity index (χ3v) is 2.39. The van der Waals surface area contributed by atoms with Crippen molar-refractivity contribution in [3.05, 3.63) is 35.9 Å². The molecule has 18 heavy (non-hydrogen) atoms. The van der Waals surface area contributed by atoms with E-state index in [1.54, 1.807) is 19.3 Å². The quantitative estimate of drug-likeness (QED) is 0.323. The van der Waals surface area contributed by atoms with Gasteiger partial charge >= 0.3 is 0 Å². The molecule has 0 aromatic heterocycles. The Kier molecular flexibility index (Phi) is 12.2. The van der Waals surface area contributed by atoms with Gasteiger partial charge in [-0.1, -0.05) is 19.2 Å². The van der Waals surface area contributed by atoms with E-state index in [2.05, 4.69) is 31.1 Å². The van der Waals surface area contributed by atoms with Crippen molar-refractivity contribution in [3.63, 3.8) is 0 Å². The topological polar surface area (TPSA) is 39.7 Å². The Balaban J connectivity index is 3.32. The Morgan fingerprint density at radius 3 is 2.39 bits per heavy atom. The molecule has 0 aliphatic carbocycles. The van der Waals surface area contributed by atoms with Gasteiger partial charge in [0.15, 0.2) is 0 Å². The zero-order chi connectivity index (χ0) is 13.6. The Labute approximate surface area is 115 Å². The van der Waals surface area contributed by atoms with E-state index in [9.17, 15) is 0 Å². The Bertz CT molecular complexity index is 267. The van der Waals surface area contributed by atoms with Crippen LogP contribution >= 0.6 is 12.6 Å². The second kappa shape index (κ2) is 12.7. The molecule has 0 heterocycles. The van der Waals surface area contributed by atoms with Crippen molar-refractivity contribution in [1.29, 1.82) is 0 Å². The van der Waals surface area contributed by atoms with Gasteiger partial charge in [0.05, 0.1) is 33.0 Å². The number of ether oxygens (including phenoxy) is 3. The van der Waals surface area contributed by atoms with Gasteiger partial charge in [0.25, 0.3) is 0 Å². The van der Waals surface area contributed by atoms with Crippen LogP contribution in [-0.2, 0) is 14.2 Å². The summed E-state index contributed by atoms with van der Waals surface area (Å²) in [7, 11) is 1.65. The zero-order valence-electron chi connectivity index (χ0n) is 11.0. The van der Waals surface area contributed by atoms with E-state index < -0.39 is 0 Å². The van der Waals surface area contributed by atoms with Gasteiger partial charge in [0.2, 0.25) is 0 Å². The van der Waals surface area contributed by atoms with Gasteiger partial charge in [-0.3, -0.25) is 0 Å². The molecule has 0 radical (unpaired) electrons. The summed E-state index contributed by atoms with van der Waals surface area (Å²) in [6.07, 6.45) is 3.45. The van der Waals surface area contributed by atoms with E-state index in [0.717, 1.165) is 10.6 Å². The average molecular weight is 273 g/mol. The lowest BCUT2D eigenvalue weighted by atomic mass is 10.4. The second-order valence-electron chi connectivity index (χ2n) is 3.41. The van der Waals surface area contributed by atoms with Crippen LogP contribution in [0.15, 0.2) is 35.9 Å². The van der Waals surface area contributed by atoms with Crippen molar-refractivity contribution in [3.8, 4) is 0 Å². The molecule has 0 amide bonds. The number of nitrogens with one attached hydrogen (secondary N) is 1. The van der Waals surface area contributed by atoms with E-state index in [1.165, 1.54) is 0 Å². The van der Waals surface area contributed by atoms with Gasteiger partial charge in [-0.2, -0.15) is 0 Å². The molecule has 104 valence electrons. The van der Waals surface area contributed by atoms with Crippen LogP contribution < -0.4 is 5.32 Å². The van der Waals surface area contributed by atoms with Crippen molar-refractivity contribution in [2.24, 2.45) is 0 Å². The maximum atomic E-state index is 5.37. The van der Waals surface area contributed by atoms with Gasteiger partial charge in [0.1, 0.15) is 0 Å². The first-order valence-corrected chi connectivity index (χ1v) is 6.26. The van der Waals surface area contributed by atoms with Crippen LogP contribution in [0.4, 0.5) is 0 Å². The number of hydrogen-bond acceptors (Lipinski definition) is 5. The molecule has 5 heteroatoms. The molecule has 0 aliphatic heterocycles. The van der Waals surface area contributed by atoms with E-state index in [0.29, 0.717) is 39.6 Å². The van der Waals surface area contributed by atoms with Gasteiger partial charge in [0, 0.05) is 24.3 Å². The number of allylic oxidation sites excluding steroid dienone is 2. The van der Waals surface area contributed by atoms with Crippen LogP contribution in [0.25, 0.3) is 0 Å². The fourth-order valence-corrected chi connectivity index (χ4v) is 1.23. The standard InChI is InChI=1S/C13H23NO3S/c1-4-5-13(18)12(2)14-6-7-16-10-11-17-9-8-15-3/h4-5,14,18H,1-2,6-11H2,3H3/b13-5-. The predicted molar refractivity (Wildman–Crippen MR) is 77.9 cm³/mol. The summed E-state index contributed by atoms with van der Waals surface area (Å²) in [6, 6.07) is 0. The minimum atomic E-state index is 0.577. The molecule has 0 atom stereocenters. The maximum Gasteiger partial charge on any atom is 0.0701 e. The zero-order valence-corrected chi connectivity index (χ0v) is 11.9. The van der Waals surface area contributed by atoms with Gasteiger partial charge in [-0.25, -0.2) is 0 Å². The van der Waals surface area contributed by atoms with Crippen LogP contribution in [0, 0.1) is 0 Å². The largest absolute Gasteiger partial charge is 0.382 e. The lowest BCUT2D eigenvalue weighted by Crippen LogP contribution is -2.20. The molecule has 0 fully saturated rings. The summed E-state index contributed by atoms with van der Waals surface area (Å²) in [5.41, 5.74) is 0.762. The molecule has 0 saturated carbocycles. The van der Waals surface area contributed by atoms with E-state index in [4.69, 9.17) is 14.2 Å². The molecule has 0 aromatic carbocycles. The molecule has 4 nitrogen and oxygen atoms in total. The number of rotatable bonds is 12. The first kappa shape index (κ1) is 17.2. The monoisotopic (exact) mass is 273 g/mol. The second-order valence-corrected chi connectivity index (χ2v) is 3.89.